The van der Waals surface area contributed by atoms with Crippen LogP contribution in [-0.4, -0.2) is 34.5 Å². The van der Waals surface area contributed by atoms with Crippen molar-refractivity contribution in [2.24, 2.45) is 0 Å². The van der Waals surface area contributed by atoms with E-state index in [1.165, 1.54) is 12.1 Å². The third-order valence-electron chi connectivity index (χ3n) is 5.15. The van der Waals surface area contributed by atoms with Crippen LogP contribution in [0.15, 0.2) is 42.5 Å². The van der Waals surface area contributed by atoms with Gasteiger partial charge in [0.2, 0.25) is 5.91 Å². The standard InChI is InChI=1S/C23H26Cl2FNO2S/c1-14(2)30-9-8-15(3)27-21(28)13-29-23(17-10-19(25)12-20(26)11-17)22(27)16-4-6-18(24)7-5-16/h4-7,10-12,14-15,22-23H,8-9,13H2,1-3H3/t15?,22-,23-/m1/s1. The van der Waals surface area contributed by atoms with Crippen LogP contribution in [0.1, 0.15) is 50.5 Å². The molecule has 1 amide bonds. The van der Waals surface area contributed by atoms with Gasteiger partial charge < -0.3 is 9.64 Å². The third kappa shape index (κ3) is 5.70. The van der Waals surface area contributed by atoms with Crippen molar-refractivity contribution >= 4 is 40.9 Å². The molecule has 1 heterocycles. The number of halogens is 3. The van der Waals surface area contributed by atoms with Crippen molar-refractivity contribution in [3.8, 4) is 0 Å². The second kappa shape index (κ2) is 10.4. The van der Waals surface area contributed by atoms with Gasteiger partial charge in [0, 0.05) is 16.1 Å². The molecule has 2 aromatic rings. The molecule has 7 heteroatoms. The summed E-state index contributed by atoms with van der Waals surface area (Å²) in [7, 11) is 0. The van der Waals surface area contributed by atoms with Crippen LogP contribution in [0.25, 0.3) is 0 Å². The fourth-order valence-corrected chi connectivity index (χ4v) is 5.08. The normalized spacial score (nSPS) is 20.6. The maximum absolute atomic E-state index is 14.1. The zero-order valence-electron chi connectivity index (χ0n) is 17.3. The minimum Gasteiger partial charge on any atom is -0.361 e. The summed E-state index contributed by atoms with van der Waals surface area (Å²) in [6.07, 6.45) is 0.326. The first-order valence-corrected chi connectivity index (χ1v) is 11.8. The molecule has 0 bridgehead atoms. The topological polar surface area (TPSA) is 29.5 Å². The van der Waals surface area contributed by atoms with E-state index in [-0.39, 0.29) is 18.6 Å². The Kier molecular flexibility index (Phi) is 8.08. The molecular formula is C23H26Cl2FNO2S. The van der Waals surface area contributed by atoms with Gasteiger partial charge in [-0.25, -0.2) is 4.39 Å². The second-order valence-electron chi connectivity index (χ2n) is 7.79. The lowest BCUT2D eigenvalue weighted by atomic mass is 9.91. The predicted molar refractivity (Wildman–Crippen MR) is 123 cm³/mol. The van der Waals surface area contributed by atoms with Crippen LogP contribution >= 0.6 is 35.0 Å². The second-order valence-corrected chi connectivity index (χ2v) is 10.3. The molecule has 0 aromatic heterocycles. The number of rotatable bonds is 7. The van der Waals surface area contributed by atoms with E-state index in [0.717, 1.165) is 17.7 Å². The maximum Gasteiger partial charge on any atom is 0.249 e. The number of carbonyl (C=O) groups is 1. The number of benzene rings is 2. The fourth-order valence-electron chi connectivity index (χ4n) is 3.77. The lowest BCUT2D eigenvalue weighted by molar-refractivity contribution is -0.162. The molecule has 0 aliphatic carbocycles. The Morgan fingerprint density at radius 2 is 1.80 bits per heavy atom. The number of ether oxygens (including phenoxy) is 1. The van der Waals surface area contributed by atoms with E-state index < -0.39 is 18.0 Å². The number of morpholine rings is 1. The van der Waals surface area contributed by atoms with E-state index in [2.05, 4.69) is 20.8 Å². The number of hydrogen-bond acceptors (Lipinski definition) is 3. The van der Waals surface area contributed by atoms with Crippen molar-refractivity contribution in [2.45, 2.75) is 50.6 Å². The van der Waals surface area contributed by atoms with E-state index in [9.17, 15) is 9.18 Å². The Bertz CT molecular complexity index is 858. The summed E-state index contributed by atoms with van der Waals surface area (Å²) in [5.74, 6) is 0.448. The first-order valence-electron chi connectivity index (χ1n) is 10.0. The average molecular weight is 470 g/mol. The maximum atomic E-state index is 14.1. The summed E-state index contributed by atoms with van der Waals surface area (Å²) in [4.78, 5) is 14.8. The van der Waals surface area contributed by atoms with Crippen molar-refractivity contribution in [3.63, 3.8) is 0 Å². The Balaban J connectivity index is 1.99. The molecule has 1 unspecified atom stereocenters. The Labute approximate surface area is 191 Å². The zero-order valence-corrected chi connectivity index (χ0v) is 19.6. The number of hydrogen-bond donors (Lipinski definition) is 0. The molecule has 1 saturated heterocycles. The van der Waals surface area contributed by atoms with Crippen molar-refractivity contribution in [1.29, 1.82) is 0 Å². The molecule has 1 aliphatic rings. The molecule has 0 saturated carbocycles. The van der Waals surface area contributed by atoms with Gasteiger partial charge in [-0.2, -0.15) is 11.8 Å². The summed E-state index contributed by atoms with van der Waals surface area (Å²) in [6, 6.07) is 11.4. The highest BCUT2D eigenvalue weighted by Crippen LogP contribution is 2.42. The van der Waals surface area contributed by atoms with E-state index >= 15 is 0 Å². The van der Waals surface area contributed by atoms with Crippen LogP contribution in [0.4, 0.5) is 4.39 Å². The lowest BCUT2D eigenvalue weighted by Gasteiger charge is -2.44. The number of thioether (sulfide) groups is 1. The first-order chi connectivity index (χ1) is 14.3. The van der Waals surface area contributed by atoms with Gasteiger partial charge in [0.1, 0.15) is 18.5 Å². The minimum absolute atomic E-state index is 0.000130. The Hall–Kier alpha value is -1.27. The molecule has 0 N–H and O–H groups in total. The van der Waals surface area contributed by atoms with E-state index in [4.69, 9.17) is 27.9 Å². The average Bonchev–Trinajstić information content (AvgIpc) is 2.67. The van der Waals surface area contributed by atoms with Gasteiger partial charge in [0.25, 0.3) is 0 Å². The summed E-state index contributed by atoms with van der Waals surface area (Å²) >= 11 is 14.1. The van der Waals surface area contributed by atoms with Crippen LogP contribution in [0.2, 0.25) is 10.0 Å². The van der Waals surface area contributed by atoms with Crippen LogP contribution in [0.3, 0.4) is 0 Å². The van der Waals surface area contributed by atoms with Crippen molar-refractivity contribution in [1.82, 2.24) is 4.90 Å². The molecule has 162 valence electrons. The highest BCUT2D eigenvalue weighted by atomic mass is 35.5. The highest BCUT2D eigenvalue weighted by molar-refractivity contribution is 7.99. The van der Waals surface area contributed by atoms with Gasteiger partial charge in [-0.3, -0.25) is 4.79 Å². The van der Waals surface area contributed by atoms with Crippen LogP contribution < -0.4 is 0 Å². The highest BCUT2D eigenvalue weighted by Gasteiger charge is 2.41. The summed E-state index contributed by atoms with van der Waals surface area (Å²) in [5.41, 5.74) is 1.50. The van der Waals surface area contributed by atoms with Crippen molar-refractivity contribution < 1.29 is 13.9 Å². The summed E-state index contributed by atoms with van der Waals surface area (Å²) < 4.78 is 20.1. The predicted octanol–water partition coefficient (Wildman–Crippen LogP) is 6.69. The van der Waals surface area contributed by atoms with Gasteiger partial charge >= 0.3 is 0 Å². The van der Waals surface area contributed by atoms with Crippen LogP contribution in [-0.2, 0) is 9.53 Å². The Morgan fingerprint density at radius 1 is 1.10 bits per heavy atom. The smallest absolute Gasteiger partial charge is 0.249 e. The number of amides is 1. The third-order valence-corrected chi connectivity index (χ3v) is 6.76. The quantitative estimate of drug-likeness (QED) is 0.451. The zero-order chi connectivity index (χ0) is 21.8. The van der Waals surface area contributed by atoms with E-state index in [1.807, 2.05) is 28.8 Å². The van der Waals surface area contributed by atoms with Gasteiger partial charge in [-0.1, -0.05) is 49.2 Å². The molecule has 3 atom stereocenters. The molecular weight excluding hydrogens is 444 g/mol. The minimum atomic E-state index is -0.530. The van der Waals surface area contributed by atoms with Gasteiger partial charge in [-0.15, -0.1) is 0 Å². The summed E-state index contributed by atoms with van der Waals surface area (Å²) in [6.45, 7) is 6.33. The van der Waals surface area contributed by atoms with Gasteiger partial charge in [0.15, 0.2) is 0 Å². The first kappa shape index (κ1) is 23.4. The van der Waals surface area contributed by atoms with E-state index in [0.29, 0.717) is 20.9 Å². The van der Waals surface area contributed by atoms with Gasteiger partial charge in [-0.05, 0) is 65.8 Å². The van der Waals surface area contributed by atoms with E-state index in [1.54, 1.807) is 18.2 Å². The fraction of sp³-hybridized carbons (Fsp3) is 0.435. The monoisotopic (exact) mass is 469 g/mol. The van der Waals surface area contributed by atoms with Crippen molar-refractivity contribution in [3.05, 3.63) is 69.5 Å². The number of carbonyl (C=O) groups excluding carboxylic acids is 1. The molecule has 3 nitrogen and oxygen atoms in total. The molecule has 0 spiro atoms. The van der Waals surface area contributed by atoms with Crippen LogP contribution in [0, 0.1) is 5.82 Å². The molecule has 3 rings (SSSR count). The van der Waals surface area contributed by atoms with Crippen molar-refractivity contribution in [2.75, 3.05) is 12.4 Å². The molecule has 0 radical (unpaired) electrons. The van der Waals surface area contributed by atoms with Gasteiger partial charge in [0.05, 0.1) is 6.04 Å². The Morgan fingerprint density at radius 3 is 2.43 bits per heavy atom. The molecule has 30 heavy (non-hydrogen) atoms. The molecule has 1 fully saturated rings. The summed E-state index contributed by atoms with van der Waals surface area (Å²) in [5, 5.41) is 1.44. The van der Waals surface area contributed by atoms with Crippen LogP contribution in [0.5, 0.6) is 0 Å². The number of nitrogens with zero attached hydrogens (tertiary/aromatic N) is 1. The molecule has 2 aromatic carbocycles. The lowest BCUT2D eigenvalue weighted by Crippen LogP contribution is -2.50. The SMILES string of the molecule is CC(C)SCCC(C)N1C(=O)CO[C@H](c2cc(F)cc(Cl)c2)[C@H]1c1ccc(Cl)cc1. The molecule has 1 aliphatic heterocycles. The largest absolute Gasteiger partial charge is 0.361 e.